The molecule has 0 fully saturated rings. The molecule has 0 aliphatic rings. The SMILES string of the molecule is CCC(CC)(CN)Nc1ncncc1I. The van der Waals surface area contributed by atoms with Gasteiger partial charge in [-0.25, -0.2) is 9.97 Å². The lowest BCUT2D eigenvalue weighted by atomic mass is 9.93. The fraction of sp³-hybridized carbons (Fsp3) is 0.600. The van der Waals surface area contributed by atoms with Gasteiger partial charge in [0.1, 0.15) is 12.1 Å². The highest BCUT2D eigenvalue weighted by Gasteiger charge is 2.24. The van der Waals surface area contributed by atoms with Crippen molar-refractivity contribution in [3.8, 4) is 0 Å². The van der Waals surface area contributed by atoms with Gasteiger partial charge in [-0.05, 0) is 35.4 Å². The summed E-state index contributed by atoms with van der Waals surface area (Å²) >= 11 is 2.22. The quantitative estimate of drug-likeness (QED) is 0.815. The molecule has 15 heavy (non-hydrogen) atoms. The molecule has 3 N–H and O–H groups in total. The van der Waals surface area contributed by atoms with E-state index in [2.05, 4.69) is 51.7 Å². The fourth-order valence-corrected chi connectivity index (χ4v) is 1.86. The molecule has 5 heteroatoms. The zero-order chi connectivity index (χ0) is 11.3. The molecule has 0 amide bonds. The number of hydrogen-bond acceptors (Lipinski definition) is 4. The van der Waals surface area contributed by atoms with Crippen LogP contribution < -0.4 is 11.1 Å². The first-order valence-electron chi connectivity index (χ1n) is 5.11. The number of aromatic nitrogens is 2. The highest BCUT2D eigenvalue weighted by atomic mass is 127. The van der Waals surface area contributed by atoms with E-state index in [1.807, 2.05) is 0 Å². The maximum absolute atomic E-state index is 5.82. The Kier molecular flexibility index (Phi) is 4.72. The summed E-state index contributed by atoms with van der Waals surface area (Å²) in [7, 11) is 0. The molecular weight excluding hydrogens is 303 g/mol. The fourth-order valence-electron chi connectivity index (χ4n) is 1.42. The van der Waals surface area contributed by atoms with E-state index in [-0.39, 0.29) is 5.54 Å². The molecule has 0 aliphatic heterocycles. The van der Waals surface area contributed by atoms with E-state index in [4.69, 9.17) is 5.73 Å². The Balaban J connectivity index is 2.88. The van der Waals surface area contributed by atoms with Gasteiger partial charge >= 0.3 is 0 Å². The summed E-state index contributed by atoms with van der Waals surface area (Å²) in [4.78, 5) is 8.18. The average Bonchev–Trinajstić information content (AvgIpc) is 2.29. The summed E-state index contributed by atoms with van der Waals surface area (Å²) in [6, 6.07) is 0. The predicted octanol–water partition coefficient (Wildman–Crippen LogP) is 2.01. The molecule has 1 heterocycles. The Morgan fingerprint density at radius 1 is 1.47 bits per heavy atom. The number of rotatable bonds is 5. The minimum atomic E-state index is -0.0473. The Hall–Kier alpha value is -0.430. The van der Waals surface area contributed by atoms with Crippen molar-refractivity contribution in [2.24, 2.45) is 5.73 Å². The summed E-state index contributed by atoms with van der Waals surface area (Å²) < 4.78 is 1.02. The van der Waals surface area contributed by atoms with Crippen LogP contribution in [0.3, 0.4) is 0 Å². The van der Waals surface area contributed by atoms with Crippen LogP contribution in [-0.4, -0.2) is 22.1 Å². The van der Waals surface area contributed by atoms with Gasteiger partial charge in [-0.3, -0.25) is 0 Å². The first-order valence-corrected chi connectivity index (χ1v) is 6.19. The Labute approximate surface area is 104 Å². The highest BCUT2D eigenvalue weighted by molar-refractivity contribution is 14.1. The van der Waals surface area contributed by atoms with E-state index in [9.17, 15) is 0 Å². The highest BCUT2D eigenvalue weighted by Crippen LogP contribution is 2.22. The molecule has 0 aliphatic carbocycles. The van der Waals surface area contributed by atoms with Crippen molar-refractivity contribution in [3.05, 3.63) is 16.1 Å². The van der Waals surface area contributed by atoms with Gasteiger partial charge in [0.25, 0.3) is 0 Å². The number of halogens is 1. The predicted molar refractivity (Wildman–Crippen MR) is 70.7 cm³/mol. The summed E-state index contributed by atoms with van der Waals surface area (Å²) in [5.74, 6) is 0.875. The van der Waals surface area contributed by atoms with Crippen molar-refractivity contribution in [1.29, 1.82) is 0 Å². The van der Waals surface area contributed by atoms with Crippen LogP contribution in [0.1, 0.15) is 26.7 Å². The Morgan fingerprint density at radius 3 is 2.60 bits per heavy atom. The molecule has 0 atom stereocenters. The summed E-state index contributed by atoms with van der Waals surface area (Å²) in [6.07, 6.45) is 5.32. The third kappa shape index (κ3) is 3.01. The lowest BCUT2D eigenvalue weighted by Crippen LogP contribution is -2.44. The van der Waals surface area contributed by atoms with Crippen molar-refractivity contribution in [3.63, 3.8) is 0 Å². The van der Waals surface area contributed by atoms with Gasteiger partial charge in [0.15, 0.2) is 0 Å². The van der Waals surface area contributed by atoms with Gasteiger partial charge in [0.2, 0.25) is 0 Å². The third-order valence-electron chi connectivity index (χ3n) is 2.80. The monoisotopic (exact) mass is 320 g/mol. The lowest BCUT2D eigenvalue weighted by Gasteiger charge is -2.32. The third-order valence-corrected chi connectivity index (χ3v) is 3.58. The first kappa shape index (κ1) is 12.6. The Bertz CT molecular complexity index is 304. The molecule has 0 aromatic carbocycles. The van der Waals surface area contributed by atoms with Crippen LogP contribution in [0.25, 0.3) is 0 Å². The lowest BCUT2D eigenvalue weighted by molar-refractivity contribution is 0.443. The molecule has 0 saturated carbocycles. The van der Waals surface area contributed by atoms with Crippen LogP contribution >= 0.6 is 22.6 Å². The van der Waals surface area contributed by atoms with Crippen LogP contribution in [0.2, 0.25) is 0 Å². The second-order valence-corrected chi connectivity index (χ2v) is 4.70. The molecular formula is C10H17IN4. The smallest absolute Gasteiger partial charge is 0.143 e. The molecule has 0 saturated heterocycles. The minimum Gasteiger partial charge on any atom is -0.362 e. The van der Waals surface area contributed by atoms with Gasteiger partial charge in [0, 0.05) is 12.7 Å². The van der Waals surface area contributed by atoms with Crippen molar-refractivity contribution in [2.75, 3.05) is 11.9 Å². The van der Waals surface area contributed by atoms with E-state index in [1.165, 1.54) is 0 Å². The molecule has 1 aromatic rings. The molecule has 1 rings (SSSR count). The maximum Gasteiger partial charge on any atom is 0.143 e. The second-order valence-electron chi connectivity index (χ2n) is 3.54. The average molecular weight is 320 g/mol. The van der Waals surface area contributed by atoms with Gasteiger partial charge in [-0.2, -0.15) is 0 Å². The molecule has 84 valence electrons. The van der Waals surface area contributed by atoms with E-state index >= 15 is 0 Å². The van der Waals surface area contributed by atoms with Crippen molar-refractivity contribution in [2.45, 2.75) is 32.2 Å². The van der Waals surface area contributed by atoms with E-state index in [0.717, 1.165) is 22.2 Å². The van der Waals surface area contributed by atoms with Crippen molar-refractivity contribution < 1.29 is 0 Å². The molecule has 4 nitrogen and oxygen atoms in total. The molecule has 1 aromatic heterocycles. The zero-order valence-electron chi connectivity index (χ0n) is 9.13. The largest absolute Gasteiger partial charge is 0.362 e. The van der Waals surface area contributed by atoms with Crippen LogP contribution in [-0.2, 0) is 0 Å². The second kappa shape index (κ2) is 5.60. The van der Waals surface area contributed by atoms with Crippen LogP contribution in [0.5, 0.6) is 0 Å². The molecule has 0 unspecified atom stereocenters. The summed E-state index contributed by atoms with van der Waals surface area (Å²) in [6.45, 7) is 4.88. The number of anilines is 1. The van der Waals surface area contributed by atoms with E-state index in [1.54, 1.807) is 12.5 Å². The topological polar surface area (TPSA) is 63.8 Å². The first-order chi connectivity index (χ1) is 7.17. The molecule has 0 radical (unpaired) electrons. The number of nitrogens with one attached hydrogen (secondary N) is 1. The van der Waals surface area contributed by atoms with Crippen molar-refractivity contribution in [1.82, 2.24) is 9.97 Å². The van der Waals surface area contributed by atoms with Crippen LogP contribution in [0.15, 0.2) is 12.5 Å². The molecule has 0 bridgehead atoms. The number of nitrogens with zero attached hydrogens (tertiary/aromatic N) is 2. The summed E-state index contributed by atoms with van der Waals surface area (Å²) in [5.41, 5.74) is 5.77. The maximum atomic E-state index is 5.82. The van der Waals surface area contributed by atoms with Crippen LogP contribution in [0, 0.1) is 3.57 Å². The van der Waals surface area contributed by atoms with Gasteiger partial charge < -0.3 is 11.1 Å². The van der Waals surface area contributed by atoms with Crippen LogP contribution in [0.4, 0.5) is 5.82 Å². The number of nitrogens with two attached hydrogens (primary N) is 1. The van der Waals surface area contributed by atoms with E-state index in [0.29, 0.717) is 6.54 Å². The minimum absolute atomic E-state index is 0.0473. The zero-order valence-corrected chi connectivity index (χ0v) is 11.3. The van der Waals surface area contributed by atoms with Gasteiger partial charge in [0.05, 0.1) is 9.11 Å². The van der Waals surface area contributed by atoms with E-state index < -0.39 is 0 Å². The summed E-state index contributed by atoms with van der Waals surface area (Å²) in [5, 5.41) is 3.43. The Morgan fingerprint density at radius 2 is 2.13 bits per heavy atom. The normalized spacial score (nSPS) is 11.5. The van der Waals surface area contributed by atoms with Crippen molar-refractivity contribution >= 4 is 28.4 Å². The molecule has 0 spiro atoms. The number of hydrogen-bond donors (Lipinski definition) is 2. The van der Waals surface area contributed by atoms with Gasteiger partial charge in [-0.1, -0.05) is 13.8 Å². The van der Waals surface area contributed by atoms with Gasteiger partial charge in [-0.15, -0.1) is 0 Å². The standard InChI is InChI=1S/C10H17IN4/c1-3-10(4-2,6-12)15-9-8(11)5-13-7-14-9/h5,7H,3-4,6,12H2,1-2H3,(H,13,14,15).